The zero-order valence-corrected chi connectivity index (χ0v) is 13.8. The maximum Gasteiger partial charge on any atom is 0.238 e. The Morgan fingerprint density at radius 3 is 2.61 bits per heavy atom. The largest absolute Gasteiger partial charge is 0.348 e. The highest BCUT2D eigenvalue weighted by Gasteiger charge is 2.39. The SMILES string of the molecule is CCc1ccc(C(C)NC(=O)C2CC(=O)NC(C3CC3)N2)cc1. The topological polar surface area (TPSA) is 70.2 Å². The first-order valence-corrected chi connectivity index (χ1v) is 8.51. The highest BCUT2D eigenvalue weighted by Crippen LogP contribution is 2.32. The van der Waals surface area contributed by atoms with Crippen molar-refractivity contribution in [2.24, 2.45) is 5.92 Å². The average molecular weight is 315 g/mol. The molecule has 2 aliphatic rings. The van der Waals surface area contributed by atoms with E-state index in [-0.39, 0.29) is 30.4 Å². The number of benzene rings is 1. The fraction of sp³-hybridized carbons (Fsp3) is 0.556. The first-order chi connectivity index (χ1) is 11.1. The number of carbonyl (C=O) groups is 2. The summed E-state index contributed by atoms with van der Waals surface area (Å²) in [6.45, 7) is 4.09. The van der Waals surface area contributed by atoms with Crippen molar-refractivity contribution in [1.82, 2.24) is 16.0 Å². The van der Waals surface area contributed by atoms with Gasteiger partial charge in [0, 0.05) is 0 Å². The van der Waals surface area contributed by atoms with Crippen molar-refractivity contribution < 1.29 is 9.59 Å². The lowest BCUT2D eigenvalue weighted by molar-refractivity contribution is -0.132. The fourth-order valence-electron chi connectivity index (χ4n) is 3.03. The summed E-state index contributed by atoms with van der Waals surface area (Å²) in [5.41, 5.74) is 2.36. The van der Waals surface area contributed by atoms with Gasteiger partial charge in [-0.1, -0.05) is 31.2 Å². The Bertz CT molecular complexity index is 580. The third-order valence-electron chi connectivity index (χ3n) is 4.74. The van der Waals surface area contributed by atoms with Gasteiger partial charge in [0.1, 0.15) is 0 Å². The summed E-state index contributed by atoms with van der Waals surface area (Å²) < 4.78 is 0. The van der Waals surface area contributed by atoms with E-state index in [1.54, 1.807) is 0 Å². The van der Waals surface area contributed by atoms with E-state index in [2.05, 4.69) is 47.1 Å². The van der Waals surface area contributed by atoms with Gasteiger partial charge < -0.3 is 10.6 Å². The smallest absolute Gasteiger partial charge is 0.238 e. The summed E-state index contributed by atoms with van der Waals surface area (Å²) in [4.78, 5) is 24.3. The van der Waals surface area contributed by atoms with Crippen molar-refractivity contribution in [3.05, 3.63) is 35.4 Å². The summed E-state index contributed by atoms with van der Waals surface area (Å²) in [7, 11) is 0. The number of aryl methyl sites for hydroxylation is 1. The second-order valence-electron chi connectivity index (χ2n) is 6.63. The predicted octanol–water partition coefficient (Wildman–Crippen LogP) is 1.64. The number of nitrogens with one attached hydrogen (secondary N) is 3. The van der Waals surface area contributed by atoms with E-state index < -0.39 is 6.04 Å². The van der Waals surface area contributed by atoms with Gasteiger partial charge >= 0.3 is 0 Å². The first kappa shape index (κ1) is 16.0. The molecule has 1 heterocycles. The summed E-state index contributed by atoms with van der Waals surface area (Å²) in [6.07, 6.45) is 3.39. The Kier molecular flexibility index (Phi) is 4.66. The molecule has 0 bridgehead atoms. The molecule has 1 aromatic carbocycles. The van der Waals surface area contributed by atoms with Crippen LogP contribution in [0.4, 0.5) is 0 Å². The van der Waals surface area contributed by atoms with Crippen LogP contribution in [0.15, 0.2) is 24.3 Å². The second kappa shape index (κ2) is 6.71. The molecule has 5 heteroatoms. The van der Waals surface area contributed by atoms with Gasteiger partial charge in [-0.15, -0.1) is 0 Å². The van der Waals surface area contributed by atoms with E-state index in [0.717, 1.165) is 24.8 Å². The predicted molar refractivity (Wildman–Crippen MR) is 88.6 cm³/mol. The zero-order chi connectivity index (χ0) is 16.4. The quantitative estimate of drug-likeness (QED) is 0.773. The summed E-state index contributed by atoms with van der Waals surface area (Å²) in [5.74, 6) is 0.340. The van der Waals surface area contributed by atoms with Crippen LogP contribution in [-0.4, -0.2) is 24.0 Å². The van der Waals surface area contributed by atoms with Crippen LogP contribution in [0.1, 0.15) is 50.3 Å². The standard InChI is InChI=1S/C18H25N3O2/c1-3-12-4-6-13(7-5-12)11(2)19-18(23)15-10-16(22)21-17(20-15)14-8-9-14/h4-7,11,14-15,17,20H,3,8-10H2,1-2H3,(H,19,23)(H,21,22). The van der Waals surface area contributed by atoms with E-state index in [0.29, 0.717) is 5.92 Å². The maximum atomic E-state index is 12.5. The van der Waals surface area contributed by atoms with Gasteiger partial charge in [0.2, 0.25) is 11.8 Å². The molecule has 3 rings (SSSR count). The lowest BCUT2D eigenvalue weighted by atomic mass is 10.0. The monoisotopic (exact) mass is 315 g/mol. The molecule has 5 nitrogen and oxygen atoms in total. The van der Waals surface area contributed by atoms with Crippen LogP contribution < -0.4 is 16.0 Å². The van der Waals surface area contributed by atoms with Gasteiger partial charge in [0.15, 0.2) is 0 Å². The van der Waals surface area contributed by atoms with Crippen LogP contribution >= 0.6 is 0 Å². The summed E-state index contributed by atoms with van der Waals surface area (Å²) in [5, 5.41) is 9.23. The van der Waals surface area contributed by atoms with Gasteiger partial charge in [-0.05, 0) is 43.2 Å². The fourth-order valence-corrected chi connectivity index (χ4v) is 3.03. The second-order valence-corrected chi connectivity index (χ2v) is 6.63. The molecule has 2 amide bonds. The summed E-state index contributed by atoms with van der Waals surface area (Å²) >= 11 is 0. The Balaban J connectivity index is 1.59. The van der Waals surface area contributed by atoms with Crippen LogP contribution in [0.2, 0.25) is 0 Å². The maximum absolute atomic E-state index is 12.5. The molecule has 1 aromatic rings. The Morgan fingerprint density at radius 2 is 2.00 bits per heavy atom. The molecule has 1 saturated carbocycles. The minimum absolute atomic E-state index is 0.0410. The highest BCUT2D eigenvalue weighted by molar-refractivity contribution is 5.89. The molecular formula is C18H25N3O2. The molecule has 1 aliphatic carbocycles. The van der Waals surface area contributed by atoms with Gasteiger partial charge in [0.05, 0.1) is 24.7 Å². The number of hydrogen-bond donors (Lipinski definition) is 3. The molecule has 3 N–H and O–H groups in total. The molecule has 1 saturated heterocycles. The minimum atomic E-state index is -0.438. The third kappa shape index (κ3) is 3.91. The normalized spacial score (nSPS) is 25.6. The molecule has 1 aliphatic heterocycles. The van der Waals surface area contributed by atoms with Crippen LogP contribution in [0, 0.1) is 5.92 Å². The van der Waals surface area contributed by atoms with Crippen LogP contribution in [-0.2, 0) is 16.0 Å². The number of hydrogen-bond acceptors (Lipinski definition) is 3. The lowest BCUT2D eigenvalue weighted by Crippen LogP contribution is -2.61. The van der Waals surface area contributed by atoms with E-state index in [1.165, 1.54) is 5.56 Å². The molecule has 3 unspecified atom stereocenters. The lowest BCUT2D eigenvalue weighted by Gasteiger charge is -2.31. The van der Waals surface area contributed by atoms with Crippen molar-refractivity contribution >= 4 is 11.8 Å². The Labute approximate surface area is 137 Å². The van der Waals surface area contributed by atoms with Gasteiger partial charge in [-0.25, -0.2) is 0 Å². The molecule has 0 radical (unpaired) electrons. The third-order valence-corrected chi connectivity index (χ3v) is 4.74. The van der Waals surface area contributed by atoms with Crippen molar-refractivity contribution in [2.45, 2.75) is 57.8 Å². The van der Waals surface area contributed by atoms with Gasteiger partial charge in [-0.2, -0.15) is 0 Å². The molecular weight excluding hydrogens is 290 g/mol. The number of carbonyl (C=O) groups excluding carboxylic acids is 2. The van der Waals surface area contributed by atoms with Crippen molar-refractivity contribution in [1.29, 1.82) is 0 Å². The molecule has 124 valence electrons. The molecule has 23 heavy (non-hydrogen) atoms. The molecule has 3 atom stereocenters. The Hall–Kier alpha value is -1.88. The average Bonchev–Trinajstić information content (AvgIpc) is 3.39. The van der Waals surface area contributed by atoms with Crippen molar-refractivity contribution in [3.8, 4) is 0 Å². The molecule has 0 aromatic heterocycles. The van der Waals surface area contributed by atoms with Crippen LogP contribution in [0.5, 0.6) is 0 Å². The van der Waals surface area contributed by atoms with E-state index in [1.807, 2.05) is 6.92 Å². The van der Waals surface area contributed by atoms with E-state index >= 15 is 0 Å². The number of rotatable bonds is 5. The first-order valence-electron chi connectivity index (χ1n) is 8.51. The van der Waals surface area contributed by atoms with Gasteiger partial charge in [-0.3, -0.25) is 14.9 Å². The molecule has 2 fully saturated rings. The Morgan fingerprint density at radius 1 is 1.30 bits per heavy atom. The van der Waals surface area contributed by atoms with Crippen LogP contribution in [0.25, 0.3) is 0 Å². The van der Waals surface area contributed by atoms with Crippen molar-refractivity contribution in [3.63, 3.8) is 0 Å². The molecule has 0 spiro atoms. The minimum Gasteiger partial charge on any atom is -0.348 e. The van der Waals surface area contributed by atoms with E-state index in [4.69, 9.17) is 0 Å². The summed E-state index contributed by atoms with van der Waals surface area (Å²) in [6, 6.07) is 7.78. The van der Waals surface area contributed by atoms with Gasteiger partial charge in [0.25, 0.3) is 0 Å². The number of amides is 2. The van der Waals surface area contributed by atoms with Crippen molar-refractivity contribution in [2.75, 3.05) is 0 Å². The highest BCUT2D eigenvalue weighted by atomic mass is 16.2. The van der Waals surface area contributed by atoms with Crippen LogP contribution in [0.3, 0.4) is 0 Å². The van der Waals surface area contributed by atoms with E-state index in [9.17, 15) is 9.59 Å². The zero-order valence-electron chi connectivity index (χ0n) is 13.8.